The minimum Gasteiger partial charge on any atom is -0.505 e. The molecule has 0 saturated heterocycles. The molecule has 0 aromatic heterocycles. The molecule has 0 aliphatic rings. The number of hydrogen-bond donors (Lipinski definition) is 2. The van der Waals surface area contributed by atoms with Crippen molar-refractivity contribution < 1.29 is 9.50 Å². The van der Waals surface area contributed by atoms with E-state index in [2.05, 4.69) is 0 Å². The molecular formula is C10H14FNO. The summed E-state index contributed by atoms with van der Waals surface area (Å²) < 4.78 is 13.2. The Morgan fingerprint density at radius 1 is 1.46 bits per heavy atom. The van der Waals surface area contributed by atoms with Crippen molar-refractivity contribution >= 4 is 0 Å². The Labute approximate surface area is 77.2 Å². The summed E-state index contributed by atoms with van der Waals surface area (Å²) in [5, 5.41) is 9.17. The quantitative estimate of drug-likeness (QED) is 0.749. The molecule has 0 atom stereocenters. The smallest absolute Gasteiger partial charge is 0.167 e. The van der Waals surface area contributed by atoms with E-state index < -0.39 is 5.82 Å². The van der Waals surface area contributed by atoms with Crippen LogP contribution in [0.4, 0.5) is 4.39 Å². The van der Waals surface area contributed by atoms with Gasteiger partial charge in [-0.3, -0.25) is 0 Å². The predicted octanol–water partition coefficient (Wildman–Crippen LogP) is 1.73. The van der Waals surface area contributed by atoms with Crippen LogP contribution in [0.2, 0.25) is 0 Å². The molecule has 2 nitrogen and oxygen atoms in total. The topological polar surface area (TPSA) is 46.2 Å². The van der Waals surface area contributed by atoms with Gasteiger partial charge >= 0.3 is 0 Å². The lowest BCUT2D eigenvalue weighted by Gasteiger charge is -2.05. The Morgan fingerprint density at radius 3 is 2.77 bits per heavy atom. The zero-order valence-corrected chi connectivity index (χ0v) is 7.68. The fraction of sp³-hybridized carbons (Fsp3) is 0.400. The predicted molar refractivity (Wildman–Crippen MR) is 50.2 cm³/mol. The monoisotopic (exact) mass is 183 g/mol. The van der Waals surface area contributed by atoms with Gasteiger partial charge in [-0.25, -0.2) is 4.39 Å². The summed E-state index contributed by atoms with van der Waals surface area (Å²) in [6, 6.07) is 3.16. The van der Waals surface area contributed by atoms with Crippen molar-refractivity contribution in [3.63, 3.8) is 0 Å². The lowest BCUT2D eigenvalue weighted by atomic mass is 10.1. The highest BCUT2D eigenvalue weighted by Gasteiger charge is 2.07. The van der Waals surface area contributed by atoms with Crippen LogP contribution in [0, 0.1) is 12.7 Å². The average Bonchev–Trinajstić information content (AvgIpc) is 2.09. The second-order valence-corrected chi connectivity index (χ2v) is 3.15. The first kappa shape index (κ1) is 9.99. The van der Waals surface area contributed by atoms with Crippen LogP contribution in [0.1, 0.15) is 17.5 Å². The molecule has 3 N–H and O–H groups in total. The Morgan fingerprint density at radius 2 is 2.15 bits per heavy atom. The van der Waals surface area contributed by atoms with E-state index in [1.807, 2.05) is 6.92 Å². The summed E-state index contributed by atoms with van der Waals surface area (Å²) in [5.41, 5.74) is 6.73. The van der Waals surface area contributed by atoms with E-state index in [-0.39, 0.29) is 5.75 Å². The molecule has 1 aromatic rings. The molecule has 0 fully saturated rings. The van der Waals surface area contributed by atoms with Crippen molar-refractivity contribution in [1.29, 1.82) is 0 Å². The van der Waals surface area contributed by atoms with Gasteiger partial charge in [-0.15, -0.1) is 0 Å². The van der Waals surface area contributed by atoms with Crippen molar-refractivity contribution in [1.82, 2.24) is 0 Å². The SMILES string of the molecule is Cc1cc(O)c(F)c(CCCN)c1. The van der Waals surface area contributed by atoms with Gasteiger partial charge < -0.3 is 10.8 Å². The summed E-state index contributed by atoms with van der Waals surface area (Å²) in [6.45, 7) is 2.36. The van der Waals surface area contributed by atoms with Crippen LogP contribution in [0.3, 0.4) is 0 Å². The van der Waals surface area contributed by atoms with E-state index in [4.69, 9.17) is 5.73 Å². The van der Waals surface area contributed by atoms with Crippen LogP contribution < -0.4 is 5.73 Å². The maximum atomic E-state index is 13.2. The molecule has 0 radical (unpaired) electrons. The van der Waals surface area contributed by atoms with E-state index in [0.717, 1.165) is 12.0 Å². The number of aromatic hydroxyl groups is 1. The highest BCUT2D eigenvalue weighted by atomic mass is 19.1. The Balaban J connectivity index is 2.92. The van der Waals surface area contributed by atoms with Gasteiger partial charge in [-0.05, 0) is 43.5 Å². The first-order chi connectivity index (χ1) is 6.15. The van der Waals surface area contributed by atoms with Crippen LogP contribution in [0.5, 0.6) is 5.75 Å². The third kappa shape index (κ3) is 2.42. The van der Waals surface area contributed by atoms with Gasteiger partial charge in [-0.2, -0.15) is 0 Å². The molecule has 72 valence electrons. The largest absolute Gasteiger partial charge is 0.505 e. The maximum absolute atomic E-state index is 13.2. The van der Waals surface area contributed by atoms with Gasteiger partial charge in [0.25, 0.3) is 0 Å². The number of hydrogen-bond acceptors (Lipinski definition) is 2. The van der Waals surface area contributed by atoms with Crippen molar-refractivity contribution in [3.05, 3.63) is 29.1 Å². The summed E-state index contributed by atoms with van der Waals surface area (Å²) in [7, 11) is 0. The maximum Gasteiger partial charge on any atom is 0.167 e. The molecule has 1 rings (SSSR count). The minimum atomic E-state index is -0.515. The Hall–Kier alpha value is -1.09. The molecule has 0 bridgehead atoms. The van der Waals surface area contributed by atoms with Gasteiger partial charge in [0.15, 0.2) is 11.6 Å². The first-order valence-corrected chi connectivity index (χ1v) is 4.33. The fourth-order valence-corrected chi connectivity index (χ4v) is 1.30. The first-order valence-electron chi connectivity index (χ1n) is 4.33. The molecule has 0 aliphatic heterocycles. The van der Waals surface area contributed by atoms with Gasteiger partial charge in [0.05, 0.1) is 0 Å². The van der Waals surface area contributed by atoms with Gasteiger partial charge in [0, 0.05) is 0 Å². The fourth-order valence-electron chi connectivity index (χ4n) is 1.30. The van der Waals surface area contributed by atoms with Crippen LogP contribution in [0.25, 0.3) is 0 Å². The number of phenolic OH excluding ortho intramolecular Hbond substituents is 1. The van der Waals surface area contributed by atoms with E-state index >= 15 is 0 Å². The lowest BCUT2D eigenvalue weighted by molar-refractivity contribution is 0.427. The van der Waals surface area contributed by atoms with Crippen LogP contribution in [0.15, 0.2) is 12.1 Å². The van der Waals surface area contributed by atoms with Crippen molar-refractivity contribution in [3.8, 4) is 5.75 Å². The zero-order chi connectivity index (χ0) is 9.84. The Kier molecular flexibility index (Phi) is 3.25. The second-order valence-electron chi connectivity index (χ2n) is 3.15. The molecule has 0 saturated carbocycles. The lowest BCUT2D eigenvalue weighted by Crippen LogP contribution is -2.02. The van der Waals surface area contributed by atoms with Gasteiger partial charge in [-0.1, -0.05) is 6.07 Å². The van der Waals surface area contributed by atoms with Crippen LogP contribution >= 0.6 is 0 Å². The molecule has 0 amide bonds. The standard InChI is InChI=1S/C10H14FNO/c1-7-5-8(3-2-4-12)10(11)9(13)6-7/h5-6,13H,2-4,12H2,1H3. The summed E-state index contributed by atoms with van der Waals surface area (Å²) in [6.07, 6.45) is 1.32. The third-order valence-corrected chi connectivity index (χ3v) is 1.92. The molecule has 0 aliphatic carbocycles. The second kappa shape index (κ2) is 4.23. The minimum absolute atomic E-state index is 0.271. The van der Waals surface area contributed by atoms with Crippen molar-refractivity contribution in [2.45, 2.75) is 19.8 Å². The number of aryl methyl sites for hydroxylation is 2. The van der Waals surface area contributed by atoms with Gasteiger partial charge in [0.1, 0.15) is 0 Å². The molecular weight excluding hydrogens is 169 g/mol. The van der Waals surface area contributed by atoms with Crippen molar-refractivity contribution in [2.75, 3.05) is 6.54 Å². The highest BCUT2D eigenvalue weighted by molar-refractivity contribution is 5.34. The summed E-state index contributed by atoms with van der Waals surface area (Å²) in [4.78, 5) is 0. The van der Waals surface area contributed by atoms with E-state index in [1.54, 1.807) is 6.07 Å². The molecule has 0 unspecified atom stereocenters. The third-order valence-electron chi connectivity index (χ3n) is 1.92. The van der Waals surface area contributed by atoms with E-state index in [1.165, 1.54) is 6.07 Å². The number of halogens is 1. The average molecular weight is 183 g/mol. The molecule has 3 heteroatoms. The molecule has 0 spiro atoms. The number of rotatable bonds is 3. The highest BCUT2D eigenvalue weighted by Crippen LogP contribution is 2.22. The van der Waals surface area contributed by atoms with Crippen LogP contribution in [-0.2, 0) is 6.42 Å². The molecule has 0 heterocycles. The summed E-state index contributed by atoms with van der Waals surface area (Å²) in [5.74, 6) is -0.786. The zero-order valence-electron chi connectivity index (χ0n) is 7.68. The molecule has 13 heavy (non-hydrogen) atoms. The van der Waals surface area contributed by atoms with E-state index in [0.29, 0.717) is 18.5 Å². The molecule has 1 aromatic carbocycles. The summed E-state index contributed by atoms with van der Waals surface area (Å²) >= 11 is 0. The van der Waals surface area contributed by atoms with Gasteiger partial charge in [0.2, 0.25) is 0 Å². The van der Waals surface area contributed by atoms with Crippen LogP contribution in [-0.4, -0.2) is 11.7 Å². The number of nitrogens with two attached hydrogens (primary N) is 1. The normalized spacial score (nSPS) is 10.4. The number of benzene rings is 1. The van der Waals surface area contributed by atoms with Crippen molar-refractivity contribution in [2.24, 2.45) is 5.73 Å². The number of phenols is 1. The Bertz CT molecular complexity index is 299. The van der Waals surface area contributed by atoms with E-state index in [9.17, 15) is 9.50 Å².